The van der Waals surface area contributed by atoms with E-state index in [1.165, 1.54) is 25.2 Å². The maximum atomic E-state index is 13.2. The molecule has 3 aromatic rings. The number of rotatable bonds is 7. The fraction of sp³-hybridized carbons (Fsp3) is 0.286. The van der Waals surface area contributed by atoms with Crippen molar-refractivity contribution in [1.29, 1.82) is 0 Å². The van der Waals surface area contributed by atoms with Gasteiger partial charge in [-0.2, -0.15) is 13.2 Å². The van der Waals surface area contributed by atoms with Gasteiger partial charge in [0.15, 0.2) is 6.10 Å². The molecule has 10 heteroatoms. The molecule has 4 rings (SSSR count). The van der Waals surface area contributed by atoms with Crippen molar-refractivity contribution in [1.82, 2.24) is 4.90 Å². The standard InChI is InChI=1S/C28H27F3N2O5/c1-4-24-27(35)33(15-17-6-5-7-20(10-17)28(29,30)31)16-19-11-21(8-9-25(19)38-24)32-26(34)18-12-22(36-2)14-23(13-18)37-3/h5-14,24H,4,15-16H2,1-3H3,(H,32,34). The molecule has 0 spiro atoms. The Labute approximate surface area is 218 Å². The Balaban J connectivity index is 1.60. The number of hydrogen-bond acceptors (Lipinski definition) is 5. The third-order valence-electron chi connectivity index (χ3n) is 6.15. The van der Waals surface area contributed by atoms with Gasteiger partial charge in [0.05, 0.1) is 19.8 Å². The maximum absolute atomic E-state index is 13.2. The van der Waals surface area contributed by atoms with E-state index in [-0.39, 0.29) is 19.0 Å². The molecule has 0 radical (unpaired) electrons. The van der Waals surface area contributed by atoms with Gasteiger partial charge in [-0.1, -0.05) is 19.1 Å². The molecule has 0 aliphatic carbocycles. The van der Waals surface area contributed by atoms with Crippen LogP contribution < -0.4 is 19.5 Å². The predicted molar refractivity (Wildman–Crippen MR) is 134 cm³/mol. The van der Waals surface area contributed by atoms with Crippen LogP contribution in [0.3, 0.4) is 0 Å². The molecule has 0 saturated carbocycles. The lowest BCUT2D eigenvalue weighted by atomic mass is 10.1. The molecule has 38 heavy (non-hydrogen) atoms. The van der Waals surface area contributed by atoms with Gasteiger partial charge in [-0.05, 0) is 54.4 Å². The lowest BCUT2D eigenvalue weighted by Crippen LogP contribution is -2.38. The summed E-state index contributed by atoms with van der Waals surface area (Å²) in [6.45, 7) is 1.87. The van der Waals surface area contributed by atoms with Crippen LogP contribution in [0, 0.1) is 0 Å². The summed E-state index contributed by atoms with van der Waals surface area (Å²) in [4.78, 5) is 27.6. The number of benzene rings is 3. The second-order valence-corrected chi connectivity index (χ2v) is 8.79. The van der Waals surface area contributed by atoms with Gasteiger partial charge in [0, 0.05) is 36.0 Å². The zero-order valence-corrected chi connectivity index (χ0v) is 21.1. The molecule has 0 fully saturated rings. The number of halogens is 3. The highest BCUT2D eigenvalue weighted by Crippen LogP contribution is 2.33. The van der Waals surface area contributed by atoms with E-state index in [0.29, 0.717) is 46.0 Å². The largest absolute Gasteiger partial charge is 0.497 e. The Morgan fingerprint density at radius 3 is 2.39 bits per heavy atom. The van der Waals surface area contributed by atoms with E-state index in [0.717, 1.165) is 12.1 Å². The second-order valence-electron chi connectivity index (χ2n) is 8.79. The van der Waals surface area contributed by atoms with Crippen LogP contribution in [-0.4, -0.2) is 37.0 Å². The molecule has 1 N–H and O–H groups in total. The maximum Gasteiger partial charge on any atom is 0.416 e. The van der Waals surface area contributed by atoms with Gasteiger partial charge in [-0.3, -0.25) is 9.59 Å². The molecular formula is C28H27F3N2O5. The van der Waals surface area contributed by atoms with Crippen LogP contribution in [0.1, 0.15) is 40.4 Å². The molecule has 7 nitrogen and oxygen atoms in total. The topological polar surface area (TPSA) is 77.1 Å². The number of nitrogens with zero attached hydrogens (tertiary/aromatic N) is 1. The first-order valence-corrected chi connectivity index (χ1v) is 11.9. The minimum atomic E-state index is -4.49. The Kier molecular flexibility index (Phi) is 7.80. The smallest absolute Gasteiger partial charge is 0.416 e. The number of carbonyl (C=O) groups is 2. The highest BCUT2D eigenvalue weighted by molar-refractivity contribution is 6.05. The summed E-state index contributed by atoms with van der Waals surface area (Å²) in [6.07, 6.45) is -4.89. The molecule has 1 aliphatic rings. The van der Waals surface area contributed by atoms with E-state index in [9.17, 15) is 22.8 Å². The number of fused-ring (bicyclic) bond motifs is 1. The molecule has 1 unspecified atom stereocenters. The summed E-state index contributed by atoms with van der Waals surface area (Å²) in [7, 11) is 2.97. The lowest BCUT2D eigenvalue weighted by Gasteiger charge is -2.23. The minimum absolute atomic E-state index is 0.0256. The first-order chi connectivity index (χ1) is 18.1. The number of anilines is 1. The summed E-state index contributed by atoms with van der Waals surface area (Å²) in [5.41, 5.74) is 0.964. The van der Waals surface area contributed by atoms with E-state index < -0.39 is 23.8 Å². The van der Waals surface area contributed by atoms with Crippen LogP contribution in [0.25, 0.3) is 0 Å². The zero-order chi connectivity index (χ0) is 27.4. The molecular weight excluding hydrogens is 501 g/mol. The van der Waals surface area contributed by atoms with Crippen LogP contribution in [0.2, 0.25) is 0 Å². The molecule has 0 aromatic heterocycles. The van der Waals surface area contributed by atoms with E-state index in [2.05, 4.69) is 5.32 Å². The van der Waals surface area contributed by atoms with Crippen molar-refractivity contribution in [3.8, 4) is 17.2 Å². The SMILES string of the molecule is CCC1Oc2ccc(NC(=O)c3cc(OC)cc(OC)c3)cc2CN(Cc2cccc(C(F)(F)F)c2)C1=O. The number of hydrogen-bond donors (Lipinski definition) is 1. The molecule has 200 valence electrons. The van der Waals surface area contributed by atoms with Gasteiger partial charge in [0.2, 0.25) is 0 Å². The van der Waals surface area contributed by atoms with Crippen molar-refractivity contribution >= 4 is 17.5 Å². The van der Waals surface area contributed by atoms with Gasteiger partial charge < -0.3 is 24.4 Å². The molecule has 1 atom stereocenters. The fourth-order valence-corrected chi connectivity index (χ4v) is 4.19. The average molecular weight is 529 g/mol. The van der Waals surface area contributed by atoms with Crippen molar-refractivity contribution in [3.05, 3.63) is 82.9 Å². The van der Waals surface area contributed by atoms with Crippen molar-refractivity contribution in [3.63, 3.8) is 0 Å². The van der Waals surface area contributed by atoms with Crippen LogP contribution in [0.4, 0.5) is 18.9 Å². The fourth-order valence-electron chi connectivity index (χ4n) is 4.19. The first kappa shape index (κ1) is 26.8. The van der Waals surface area contributed by atoms with Crippen molar-refractivity contribution in [2.24, 2.45) is 0 Å². The predicted octanol–water partition coefficient (Wildman–Crippen LogP) is 5.67. The van der Waals surface area contributed by atoms with E-state index in [1.54, 1.807) is 49.4 Å². The van der Waals surface area contributed by atoms with Crippen LogP contribution in [-0.2, 0) is 24.1 Å². The molecule has 0 bridgehead atoms. The van der Waals surface area contributed by atoms with Crippen LogP contribution in [0.15, 0.2) is 60.7 Å². The summed E-state index contributed by atoms with van der Waals surface area (Å²) in [5.74, 6) is 0.659. The normalized spacial score (nSPS) is 15.3. The van der Waals surface area contributed by atoms with Gasteiger partial charge in [-0.15, -0.1) is 0 Å². The number of carbonyl (C=O) groups excluding carboxylic acids is 2. The summed E-state index contributed by atoms with van der Waals surface area (Å²) in [5, 5.41) is 2.82. The highest BCUT2D eigenvalue weighted by atomic mass is 19.4. The van der Waals surface area contributed by atoms with Crippen LogP contribution >= 0.6 is 0 Å². The number of nitrogens with one attached hydrogen (secondary N) is 1. The quantitative estimate of drug-likeness (QED) is 0.427. The van der Waals surface area contributed by atoms with Gasteiger partial charge in [0.25, 0.3) is 11.8 Å². The Morgan fingerprint density at radius 2 is 1.76 bits per heavy atom. The molecule has 2 amide bonds. The van der Waals surface area contributed by atoms with Gasteiger partial charge in [0.1, 0.15) is 17.2 Å². The first-order valence-electron chi connectivity index (χ1n) is 11.9. The minimum Gasteiger partial charge on any atom is -0.497 e. The Bertz CT molecular complexity index is 1320. The lowest BCUT2D eigenvalue weighted by molar-refractivity contribution is -0.139. The third-order valence-corrected chi connectivity index (χ3v) is 6.15. The number of alkyl halides is 3. The number of ether oxygens (including phenoxy) is 3. The monoisotopic (exact) mass is 528 g/mol. The summed E-state index contributed by atoms with van der Waals surface area (Å²) in [6, 6.07) is 14.7. The molecule has 1 heterocycles. The molecule has 1 aliphatic heterocycles. The van der Waals surface area contributed by atoms with Crippen LogP contribution in [0.5, 0.6) is 17.2 Å². The zero-order valence-electron chi connectivity index (χ0n) is 21.1. The number of methoxy groups -OCH3 is 2. The Morgan fingerprint density at radius 1 is 1.05 bits per heavy atom. The highest BCUT2D eigenvalue weighted by Gasteiger charge is 2.32. The van der Waals surface area contributed by atoms with E-state index in [4.69, 9.17) is 14.2 Å². The van der Waals surface area contributed by atoms with Gasteiger partial charge >= 0.3 is 6.18 Å². The molecule has 0 saturated heterocycles. The third kappa shape index (κ3) is 6.01. The van der Waals surface area contributed by atoms with E-state index >= 15 is 0 Å². The number of amides is 2. The van der Waals surface area contributed by atoms with Crippen molar-refractivity contribution in [2.45, 2.75) is 38.7 Å². The average Bonchev–Trinajstić information content (AvgIpc) is 3.03. The van der Waals surface area contributed by atoms with Crippen molar-refractivity contribution in [2.75, 3.05) is 19.5 Å². The Hall–Kier alpha value is -4.21. The second kappa shape index (κ2) is 11.0. The van der Waals surface area contributed by atoms with Crippen molar-refractivity contribution < 1.29 is 37.0 Å². The summed E-state index contributed by atoms with van der Waals surface area (Å²) < 4.78 is 56.0. The summed E-state index contributed by atoms with van der Waals surface area (Å²) >= 11 is 0. The molecule has 3 aromatic carbocycles. The van der Waals surface area contributed by atoms with Gasteiger partial charge in [-0.25, -0.2) is 0 Å². The van der Waals surface area contributed by atoms with E-state index in [1.807, 2.05) is 0 Å².